The minimum Gasteiger partial charge on any atom is -0.478 e. The van der Waals surface area contributed by atoms with E-state index in [-0.39, 0.29) is 11.1 Å². The highest BCUT2D eigenvalue weighted by molar-refractivity contribution is 6.60. The van der Waals surface area contributed by atoms with Crippen molar-refractivity contribution >= 4 is 20.7 Å². The van der Waals surface area contributed by atoms with Gasteiger partial charge in [-0.2, -0.15) is 0 Å². The third-order valence-corrected chi connectivity index (χ3v) is 5.82. The largest absolute Gasteiger partial charge is 0.500 e. The Morgan fingerprint density at radius 2 is 1.68 bits per heavy atom. The maximum Gasteiger partial charge on any atom is 0.500 e. The lowest BCUT2D eigenvalue weighted by atomic mass is 10.2. The highest BCUT2D eigenvalue weighted by atomic mass is 28.4. The van der Waals surface area contributed by atoms with E-state index in [0.717, 1.165) is 0 Å². The Balaban J connectivity index is 5.08. The summed E-state index contributed by atoms with van der Waals surface area (Å²) in [5.74, 6) is -1.66. The van der Waals surface area contributed by atoms with E-state index in [1.54, 1.807) is 0 Å². The van der Waals surface area contributed by atoms with Gasteiger partial charge in [0.15, 0.2) is 0 Å². The number of rotatable bonds is 10. The van der Waals surface area contributed by atoms with E-state index in [1.807, 2.05) is 0 Å². The van der Waals surface area contributed by atoms with Crippen molar-refractivity contribution in [2.45, 2.75) is 32.4 Å². The molecule has 126 valence electrons. The molecule has 0 aliphatic rings. The molecule has 1 N–H and O–H groups in total. The summed E-state index contributed by atoms with van der Waals surface area (Å²) in [7, 11) is 1.61. The first-order valence-corrected chi connectivity index (χ1v) is 8.58. The lowest BCUT2D eigenvalue weighted by Crippen LogP contribution is -2.43. The molecule has 0 saturated carbocycles. The van der Waals surface area contributed by atoms with Crippen LogP contribution in [-0.4, -0.2) is 53.3 Å². The Hall–Kier alpha value is -1.48. The monoisotopic (exact) mass is 332 g/mol. The Bertz CT molecular complexity index is 432. The zero-order chi connectivity index (χ0) is 17.3. The summed E-state index contributed by atoms with van der Waals surface area (Å²) >= 11 is 0. The van der Waals surface area contributed by atoms with Crippen LogP contribution in [0.1, 0.15) is 20.3 Å². The maximum atomic E-state index is 11.7. The number of carboxylic acid groups (broad SMARTS) is 1. The van der Waals surface area contributed by atoms with Crippen molar-refractivity contribution in [3.05, 3.63) is 23.8 Å². The minimum atomic E-state index is -2.83. The van der Waals surface area contributed by atoms with Gasteiger partial charge in [0.1, 0.15) is 6.10 Å². The number of esters is 1. The normalized spacial score (nSPS) is 13.6. The number of aliphatic carboxylic acids is 1. The van der Waals surface area contributed by atoms with Gasteiger partial charge < -0.3 is 23.1 Å². The van der Waals surface area contributed by atoms with Crippen LogP contribution in [0.4, 0.5) is 0 Å². The Labute approximate surface area is 131 Å². The molecule has 0 aliphatic heterocycles. The second-order valence-electron chi connectivity index (χ2n) is 4.71. The van der Waals surface area contributed by atoms with Gasteiger partial charge in [0.25, 0.3) is 0 Å². The molecule has 0 spiro atoms. The van der Waals surface area contributed by atoms with Crippen molar-refractivity contribution in [3.63, 3.8) is 0 Å². The van der Waals surface area contributed by atoms with Gasteiger partial charge in [-0.05, 0) is 26.3 Å². The molecular weight excluding hydrogens is 308 g/mol. The summed E-state index contributed by atoms with van der Waals surface area (Å²) < 4.78 is 21.1. The van der Waals surface area contributed by atoms with Crippen molar-refractivity contribution in [1.82, 2.24) is 0 Å². The van der Waals surface area contributed by atoms with E-state index in [4.69, 9.17) is 23.1 Å². The molecule has 0 aromatic carbocycles. The standard InChI is InChI=1S/C14H24O7Si/c1-10(2)14(17)21-12(9-11(3)13(15)16)7-8-22(18-4,19-5)20-6/h9,12H,1,7-8H2,2-6H3,(H,15,16). The van der Waals surface area contributed by atoms with Crippen LogP contribution in [0.2, 0.25) is 6.04 Å². The molecule has 0 amide bonds. The molecule has 0 bridgehead atoms. The average molecular weight is 332 g/mol. The van der Waals surface area contributed by atoms with Crippen LogP contribution in [0.25, 0.3) is 0 Å². The lowest BCUT2D eigenvalue weighted by molar-refractivity contribution is -0.142. The quantitative estimate of drug-likeness (QED) is 0.370. The molecule has 0 aliphatic carbocycles. The van der Waals surface area contributed by atoms with Gasteiger partial charge in [-0.3, -0.25) is 0 Å². The van der Waals surface area contributed by atoms with E-state index < -0.39 is 26.8 Å². The smallest absolute Gasteiger partial charge is 0.478 e. The van der Waals surface area contributed by atoms with Crippen LogP contribution >= 0.6 is 0 Å². The zero-order valence-electron chi connectivity index (χ0n) is 13.7. The second kappa shape index (κ2) is 9.52. The second-order valence-corrected chi connectivity index (χ2v) is 7.80. The first-order chi connectivity index (χ1) is 10.2. The first-order valence-electron chi connectivity index (χ1n) is 6.65. The molecule has 0 aromatic heterocycles. The summed E-state index contributed by atoms with van der Waals surface area (Å²) in [6.07, 6.45) is 0.960. The van der Waals surface area contributed by atoms with Gasteiger partial charge in [-0.15, -0.1) is 0 Å². The Kier molecular flexibility index (Phi) is 8.88. The topological polar surface area (TPSA) is 91.3 Å². The Morgan fingerprint density at radius 3 is 2.05 bits per heavy atom. The van der Waals surface area contributed by atoms with Crippen molar-refractivity contribution in [2.24, 2.45) is 0 Å². The van der Waals surface area contributed by atoms with Crippen molar-refractivity contribution in [2.75, 3.05) is 21.3 Å². The first kappa shape index (κ1) is 20.5. The van der Waals surface area contributed by atoms with Crippen LogP contribution in [0.15, 0.2) is 23.8 Å². The molecule has 1 unspecified atom stereocenters. The predicted octanol–water partition coefficient (Wildman–Crippen LogP) is 1.77. The number of hydrogen-bond donors (Lipinski definition) is 1. The molecular formula is C14H24O7Si. The molecule has 8 heteroatoms. The number of hydrogen-bond acceptors (Lipinski definition) is 6. The van der Waals surface area contributed by atoms with E-state index >= 15 is 0 Å². The van der Waals surface area contributed by atoms with E-state index in [0.29, 0.717) is 12.5 Å². The fraction of sp³-hybridized carbons (Fsp3) is 0.571. The van der Waals surface area contributed by atoms with Crippen LogP contribution < -0.4 is 0 Å². The van der Waals surface area contributed by atoms with Gasteiger partial charge in [-0.1, -0.05) is 6.58 Å². The van der Waals surface area contributed by atoms with Gasteiger partial charge in [0, 0.05) is 38.5 Å². The fourth-order valence-electron chi connectivity index (χ4n) is 1.64. The Morgan fingerprint density at radius 1 is 1.18 bits per heavy atom. The van der Waals surface area contributed by atoms with Gasteiger partial charge in [0.2, 0.25) is 0 Å². The number of ether oxygens (including phenoxy) is 1. The summed E-state index contributed by atoms with van der Waals surface area (Å²) in [6.45, 7) is 6.45. The summed E-state index contributed by atoms with van der Waals surface area (Å²) in [5, 5.41) is 8.95. The third kappa shape index (κ3) is 6.52. The van der Waals surface area contributed by atoms with Crippen molar-refractivity contribution < 1.29 is 32.7 Å². The number of carboxylic acids is 1. The maximum absolute atomic E-state index is 11.7. The molecule has 1 atom stereocenters. The molecule has 0 heterocycles. The lowest BCUT2D eigenvalue weighted by Gasteiger charge is -2.25. The van der Waals surface area contributed by atoms with E-state index in [1.165, 1.54) is 41.3 Å². The number of carbonyl (C=O) groups is 2. The summed E-state index contributed by atoms with van der Waals surface area (Å²) in [6, 6.07) is 0.369. The molecule has 0 rings (SSSR count). The van der Waals surface area contributed by atoms with Crippen LogP contribution in [0.5, 0.6) is 0 Å². The zero-order valence-corrected chi connectivity index (χ0v) is 14.7. The SMILES string of the molecule is C=C(C)C(=O)OC(C=C(C)C(=O)O)CC[Si](OC)(OC)OC. The van der Waals surface area contributed by atoms with E-state index in [9.17, 15) is 9.59 Å². The van der Waals surface area contributed by atoms with Gasteiger partial charge >= 0.3 is 20.7 Å². The number of carbonyl (C=O) groups excluding carboxylic acids is 1. The van der Waals surface area contributed by atoms with Crippen molar-refractivity contribution in [3.8, 4) is 0 Å². The minimum absolute atomic E-state index is 0.0824. The molecule has 0 fully saturated rings. The fourth-order valence-corrected chi connectivity index (χ4v) is 3.39. The molecule has 7 nitrogen and oxygen atoms in total. The van der Waals surface area contributed by atoms with Gasteiger partial charge in [0.05, 0.1) is 0 Å². The third-order valence-electron chi connectivity index (χ3n) is 3.05. The van der Waals surface area contributed by atoms with Gasteiger partial charge in [-0.25, -0.2) is 9.59 Å². The average Bonchev–Trinajstić information content (AvgIpc) is 2.48. The molecule has 0 saturated heterocycles. The summed E-state index contributed by atoms with van der Waals surface area (Å²) in [5.41, 5.74) is 0.319. The van der Waals surface area contributed by atoms with Crippen LogP contribution in [0, 0.1) is 0 Å². The highest BCUT2D eigenvalue weighted by Crippen LogP contribution is 2.19. The van der Waals surface area contributed by atoms with Crippen LogP contribution in [0.3, 0.4) is 0 Å². The van der Waals surface area contributed by atoms with Crippen molar-refractivity contribution in [1.29, 1.82) is 0 Å². The predicted molar refractivity (Wildman–Crippen MR) is 82.3 cm³/mol. The molecule has 22 heavy (non-hydrogen) atoms. The van der Waals surface area contributed by atoms with E-state index in [2.05, 4.69) is 6.58 Å². The van der Waals surface area contributed by atoms with Crippen LogP contribution in [-0.2, 0) is 27.6 Å². The molecule has 0 radical (unpaired) electrons. The summed E-state index contributed by atoms with van der Waals surface area (Å²) in [4.78, 5) is 22.6. The highest BCUT2D eigenvalue weighted by Gasteiger charge is 2.38. The molecule has 0 aromatic rings.